The molecular formula is C8H14N2O3. The van der Waals surface area contributed by atoms with Crippen LogP contribution in [0, 0.1) is 0 Å². The second-order valence-electron chi connectivity index (χ2n) is 2.72. The van der Waals surface area contributed by atoms with Crippen molar-refractivity contribution in [3.63, 3.8) is 0 Å². The number of hydrogen-bond donors (Lipinski definition) is 1. The van der Waals surface area contributed by atoms with E-state index in [0.29, 0.717) is 18.3 Å². The normalized spacial score (nSPS) is 10.6. The van der Waals surface area contributed by atoms with Gasteiger partial charge in [-0.15, -0.1) is 0 Å². The molecule has 1 aromatic rings. The number of rotatable bonds is 6. The Hall–Kier alpha value is -0.940. The largest absolute Gasteiger partial charge is 0.396 e. The Balaban J connectivity index is 2.31. The van der Waals surface area contributed by atoms with Crippen molar-refractivity contribution in [3.05, 3.63) is 11.7 Å². The molecule has 0 unspecified atom stereocenters. The molecule has 1 N–H and O–H groups in total. The average Bonchev–Trinajstić information content (AvgIpc) is 2.54. The van der Waals surface area contributed by atoms with Crippen molar-refractivity contribution in [2.75, 3.05) is 13.7 Å². The lowest BCUT2D eigenvalue weighted by atomic mass is 10.2. The highest BCUT2D eigenvalue weighted by molar-refractivity contribution is 4.84. The van der Waals surface area contributed by atoms with Crippen LogP contribution in [0.5, 0.6) is 0 Å². The number of hydrogen-bond acceptors (Lipinski definition) is 5. The van der Waals surface area contributed by atoms with Crippen molar-refractivity contribution in [1.82, 2.24) is 10.1 Å². The van der Waals surface area contributed by atoms with Gasteiger partial charge in [-0.1, -0.05) is 5.16 Å². The van der Waals surface area contributed by atoms with E-state index < -0.39 is 0 Å². The summed E-state index contributed by atoms with van der Waals surface area (Å²) < 4.78 is 9.78. The molecular weight excluding hydrogens is 172 g/mol. The van der Waals surface area contributed by atoms with Crippen LogP contribution in [0.4, 0.5) is 0 Å². The fourth-order valence-electron chi connectivity index (χ4n) is 0.967. The van der Waals surface area contributed by atoms with E-state index in [1.54, 1.807) is 7.11 Å². The van der Waals surface area contributed by atoms with Crippen LogP contribution in [0.2, 0.25) is 0 Å². The zero-order valence-electron chi connectivity index (χ0n) is 7.69. The summed E-state index contributed by atoms with van der Waals surface area (Å²) in [7, 11) is 1.59. The number of nitrogens with zero attached hydrogens (tertiary/aromatic N) is 2. The molecule has 1 rings (SSSR count). The van der Waals surface area contributed by atoms with Gasteiger partial charge in [0.05, 0.1) is 0 Å². The number of aryl methyl sites for hydroxylation is 1. The van der Waals surface area contributed by atoms with Crippen molar-refractivity contribution in [1.29, 1.82) is 0 Å². The average molecular weight is 186 g/mol. The minimum atomic E-state index is 0.207. The van der Waals surface area contributed by atoms with Crippen LogP contribution in [0.25, 0.3) is 0 Å². The summed E-state index contributed by atoms with van der Waals surface area (Å²) in [5.41, 5.74) is 0. The van der Waals surface area contributed by atoms with E-state index in [9.17, 15) is 0 Å². The molecule has 0 amide bonds. The Kier molecular flexibility index (Phi) is 4.42. The summed E-state index contributed by atoms with van der Waals surface area (Å²) in [6, 6.07) is 0. The van der Waals surface area contributed by atoms with Gasteiger partial charge in [0.1, 0.15) is 6.61 Å². The van der Waals surface area contributed by atoms with Gasteiger partial charge in [-0.05, 0) is 12.8 Å². The molecule has 0 radical (unpaired) electrons. The van der Waals surface area contributed by atoms with E-state index in [-0.39, 0.29) is 6.61 Å². The molecule has 0 saturated carbocycles. The highest BCUT2D eigenvalue weighted by atomic mass is 16.5. The minimum absolute atomic E-state index is 0.207. The predicted molar refractivity (Wildman–Crippen MR) is 45.0 cm³/mol. The van der Waals surface area contributed by atoms with E-state index >= 15 is 0 Å². The third-order valence-corrected chi connectivity index (χ3v) is 1.58. The molecule has 1 aromatic heterocycles. The van der Waals surface area contributed by atoms with Gasteiger partial charge in [0, 0.05) is 20.1 Å². The highest BCUT2D eigenvalue weighted by Gasteiger charge is 2.04. The van der Waals surface area contributed by atoms with Gasteiger partial charge in [-0.3, -0.25) is 0 Å². The highest BCUT2D eigenvalue weighted by Crippen LogP contribution is 2.03. The fourth-order valence-corrected chi connectivity index (χ4v) is 0.967. The first-order valence-corrected chi connectivity index (χ1v) is 4.28. The molecule has 0 atom stereocenters. The first-order valence-electron chi connectivity index (χ1n) is 4.28. The first kappa shape index (κ1) is 10.1. The van der Waals surface area contributed by atoms with E-state index in [1.807, 2.05) is 0 Å². The van der Waals surface area contributed by atoms with Gasteiger partial charge in [0.25, 0.3) is 0 Å². The summed E-state index contributed by atoms with van der Waals surface area (Å²) in [4.78, 5) is 4.09. The Morgan fingerprint density at radius 3 is 3.00 bits per heavy atom. The van der Waals surface area contributed by atoms with Crippen LogP contribution < -0.4 is 0 Å². The smallest absolute Gasteiger partial charge is 0.226 e. The maximum atomic E-state index is 8.55. The molecule has 5 heteroatoms. The van der Waals surface area contributed by atoms with E-state index in [0.717, 1.165) is 19.3 Å². The van der Waals surface area contributed by atoms with Crippen LogP contribution in [-0.4, -0.2) is 29.0 Å². The van der Waals surface area contributed by atoms with Gasteiger partial charge >= 0.3 is 0 Å². The van der Waals surface area contributed by atoms with Gasteiger partial charge in [-0.2, -0.15) is 4.98 Å². The minimum Gasteiger partial charge on any atom is -0.396 e. The summed E-state index contributed by atoms with van der Waals surface area (Å²) in [6.07, 6.45) is 2.35. The molecule has 0 bridgehead atoms. The molecule has 0 aromatic carbocycles. The summed E-state index contributed by atoms with van der Waals surface area (Å²) in [5.74, 6) is 1.18. The zero-order valence-corrected chi connectivity index (χ0v) is 7.69. The van der Waals surface area contributed by atoms with Crippen LogP contribution in [-0.2, 0) is 17.8 Å². The van der Waals surface area contributed by atoms with Gasteiger partial charge in [-0.25, -0.2) is 0 Å². The summed E-state index contributed by atoms with van der Waals surface area (Å²) in [5, 5.41) is 12.3. The van der Waals surface area contributed by atoms with Gasteiger partial charge in [0.15, 0.2) is 5.82 Å². The maximum Gasteiger partial charge on any atom is 0.226 e. The van der Waals surface area contributed by atoms with E-state index in [4.69, 9.17) is 14.4 Å². The standard InChI is InChI=1S/C8H14N2O3/c1-12-6-7-9-8(13-10-7)4-2-3-5-11/h11H,2-6H2,1H3. The molecule has 0 aliphatic heterocycles. The van der Waals surface area contributed by atoms with Crippen molar-refractivity contribution >= 4 is 0 Å². The van der Waals surface area contributed by atoms with Crippen molar-refractivity contribution < 1.29 is 14.4 Å². The van der Waals surface area contributed by atoms with Crippen LogP contribution >= 0.6 is 0 Å². The van der Waals surface area contributed by atoms with Crippen molar-refractivity contribution in [3.8, 4) is 0 Å². The zero-order chi connectivity index (χ0) is 9.52. The summed E-state index contributed by atoms with van der Waals surface area (Å²) >= 11 is 0. The molecule has 0 saturated heterocycles. The predicted octanol–water partition coefficient (Wildman–Crippen LogP) is 0.531. The summed E-state index contributed by atoms with van der Waals surface area (Å²) in [6.45, 7) is 0.586. The third-order valence-electron chi connectivity index (χ3n) is 1.58. The lowest BCUT2D eigenvalue weighted by Gasteiger charge is -1.91. The lowest BCUT2D eigenvalue weighted by molar-refractivity contribution is 0.174. The molecule has 0 spiro atoms. The quantitative estimate of drug-likeness (QED) is 0.656. The van der Waals surface area contributed by atoms with Crippen LogP contribution in [0.1, 0.15) is 24.6 Å². The number of unbranched alkanes of at least 4 members (excludes halogenated alkanes) is 1. The van der Waals surface area contributed by atoms with Crippen molar-refractivity contribution in [2.45, 2.75) is 25.9 Å². The number of ether oxygens (including phenoxy) is 1. The Bertz CT molecular complexity index is 237. The van der Waals surface area contributed by atoms with Crippen molar-refractivity contribution in [2.24, 2.45) is 0 Å². The Morgan fingerprint density at radius 1 is 1.46 bits per heavy atom. The number of aliphatic hydroxyl groups is 1. The molecule has 1 heterocycles. The van der Waals surface area contributed by atoms with Crippen LogP contribution in [0.15, 0.2) is 4.52 Å². The lowest BCUT2D eigenvalue weighted by Crippen LogP contribution is -1.91. The topological polar surface area (TPSA) is 68.4 Å². The molecule has 0 aliphatic carbocycles. The van der Waals surface area contributed by atoms with Crippen LogP contribution in [0.3, 0.4) is 0 Å². The maximum absolute atomic E-state index is 8.55. The number of aromatic nitrogens is 2. The second-order valence-corrected chi connectivity index (χ2v) is 2.72. The van der Waals surface area contributed by atoms with Gasteiger partial charge in [0.2, 0.25) is 5.89 Å². The Morgan fingerprint density at radius 2 is 2.31 bits per heavy atom. The third kappa shape index (κ3) is 3.52. The Labute approximate surface area is 76.7 Å². The molecule has 74 valence electrons. The molecule has 0 fully saturated rings. The monoisotopic (exact) mass is 186 g/mol. The fraction of sp³-hybridized carbons (Fsp3) is 0.750. The van der Waals surface area contributed by atoms with E-state index in [2.05, 4.69) is 10.1 Å². The first-order chi connectivity index (χ1) is 6.36. The molecule has 5 nitrogen and oxygen atoms in total. The molecule has 13 heavy (non-hydrogen) atoms. The number of methoxy groups -OCH3 is 1. The second kappa shape index (κ2) is 5.66. The van der Waals surface area contributed by atoms with E-state index in [1.165, 1.54) is 0 Å². The molecule has 0 aliphatic rings. The number of aliphatic hydroxyl groups excluding tert-OH is 1. The SMILES string of the molecule is COCc1noc(CCCCO)n1. The van der Waals surface area contributed by atoms with Gasteiger partial charge < -0.3 is 14.4 Å².